The van der Waals surface area contributed by atoms with Crippen molar-refractivity contribution in [1.29, 1.82) is 0 Å². The molecule has 0 aliphatic carbocycles. The van der Waals surface area contributed by atoms with Crippen molar-refractivity contribution in [2.24, 2.45) is 5.10 Å². The van der Waals surface area contributed by atoms with Crippen molar-refractivity contribution in [3.8, 4) is 11.5 Å². The minimum Gasteiger partial charge on any atom is -0.493 e. The molecule has 1 amide bonds. The second kappa shape index (κ2) is 8.81. The molecule has 27 heavy (non-hydrogen) atoms. The van der Waals surface area contributed by atoms with E-state index in [-0.39, 0.29) is 0 Å². The fourth-order valence-corrected chi connectivity index (χ4v) is 2.82. The molecule has 2 aromatic carbocycles. The molecule has 3 rings (SSSR count). The molecule has 0 spiro atoms. The van der Waals surface area contributed by atoms with Crippen LogP contribution in [-0.4, -0.2) is 24.4 Å². The van der Waals surface area contributed by atoms with Crippen LogP contribution in [0.25, 0.3) is 0 Å². The first-order valence-electron chi connectivity index (χ1n) is 8.07. The molecule has 0 bridgehead atoms. The number of thiazole rings is 1. The van der Waals surface area contributed by atoms with E-state index in [2.05, 4.69) is 20.8 Å². The van der Waals surface area contributed by atoms with Crippen LogP contribution in [0.2, 0.25) is 0 Å². The van der Waals surface area contributed by atoms with Crippen molar-refractivity contribution >= 4 is 34.5 Å². The maximum absolute atomic E-state index is 12.0. The highest BCUT2D eigenvalue weighted by Crippen LogP contribution is 2.28. The molecule has 138 valence electrons. The summed E-state index contributed by atoms with van der Waals surface area (Å²) >= 11 is 1.48. The van der Waals surface area contributed by atoms with E-state index in [1.807, 2.05) is 30.5 Å². The zero-order valence-electron chi connectivity index (χ0n) is 14.8. The number of hydrazone groups is 1. The predicted octanol–water partition coefficient (Wildman–Crippen LogP) is 4.52. The number of nitrogens with one attached hydrogen (secondary N) is 2. The highest BCUT2D eigenvalue weighted by Gasteiger charge is 2.10. The molecule has 0 aliphatic heterocycles. The van der Waals surface area contributed by atoms with Gasteiger partial charge < -0.3 is 9.47 Å². The van der Waals surface area contributed by atoms with E-state index >= 15 is 0 Å². The second-order valence-electron chi connectivity index (χ2n) is 5.45. The number of anilines is 2. The summed E-state index contributed by atoms with van der Waals surface area (Å²) in [6, 6.07) is 14.2. The molecular weight excluding hydrogens is 364 g/mol. The van der Waals surface area contributed by atoms with Gasteiger partial charge in [-0.1, -0.05) is 18.2 Å². The van der Waals surface area contributed by atoms with Gasteiger partial charge in [0, 0.05) is 11.1 Å². The van der Waals surface area contributed by atoms with Gasteiger partial charge in [0.05, 0.1) is 19.0 Å². The predicted molar refractivity (Wildman–Crippen MR) is 107 cm³/mol. The minimum atomic E-state index is -0.596. The Morgan fingerprint density at radius 3 is 2.70 bits per heavy atom. The van der Waals surface area contributed by atoms with Gasteiger partial charge in [-0.3, -0.25) is 10.7 Å². The number of amides is 1. The third kappa shape index (κ3) is 5.29. The summed E-state index contributed by atoms with van der Waals surface area (Å²) in [5.41, 5.74) is 5.23. The first-order valence-corrected chi connectivity index (χ1v) is 8.95. The van der Waals surface area contributed by atoms with E-state index in [4.69, 9.17) is 9.47 Å². The zero-order valence-corrected chi connectivity index (χ0v) is 15.6. The number of para-hydroxylation sites is 1. The number of aryl methyl sites for hydroxylation is 1. The molecule has 0 aliphatic rings. The Balaban J connectivity index is 1.64. The SMILES string of the molecule is COc1cc(C=NNc2nc(C)cs2)ccc1OC(=O)Nc1ccccc1. The Hall–Kier alpha value is -3.39. The minimum absolute atomic E-state index is 0.312. The number of benzene rings is 2. The summed E-state index contributed by atoms with van der Waals surface area (Å²) < 4.78 is 10.6. The van der Waals surface area contributed by atoms with Crippen LogP contribution >= 0.6 is 11.3 Å². The lowest BCUT2D eigenvalue weighted by atomic mass is 10.2. The third-order valence-electron chi connectivity index (χ3n) is 3.40. The van der Waals surface area contributed by atoms with Gasteiger partial charge in [0.15, 0.2) is 11.5 Å². The van der Waals surface area contributed by atoms with Crippen LogP contribution in [0, 0.1) is 6.92 Å². The first kappa shape index (κ1) is 18.4. The normalized spacial score (nSPS) is 10.6. The highest BCUT2D eigenvalue weighted by molar-refractivity contribution is 7.13. The molecule has 0 atom stereocenters. The molecule has 1 aromatic heterocycles. The fraction of sp³-hybridized carbons (Fsp3) is 0.105. The van der Waals surface area contributed by atoms with Crippen LogP contribution in [0.1, 0.15) is 11.3 Å². The average Bonchev–Trinajstić information content (AvgIpc) is 3.08. The number of hydrogen-bond acceptors (Lipinski definition) is 7. The molecule has 0 unspecified atom stereocenters. The number of nitrogens with zero attached hydrogens (tertiary/aromatic N) is 2. The van der Waals surface area contributed by atoms with Gasteiger partial charge in [-0.2, -0.15) is 5.10 Å². The number of hydrogen-bond donors (Lipinski definition) is 2. The van der Waals surface area contributed by atoms with Crippen LogP contribution in [0.3, 0.4) is 0 Å². The quantitative estimate of drug-likeness (QED) is 0.484. The molecule has 0 saturated heterocycles. The topological polar surface area (TPSA) is 84.8 Å². The number of carbonyl (C=O) groups is 1. The molecule has 2 N–H and O–H groups in total. The van der Waals surface area contributed by atoms with Gasteiger partial charge in [0.2, 0.25) is 5.13 Å². The number of carbonyl (C=O) groups excluding carboxylic acids is 1. The second-order valence-corrected chi connectivity index (χ2v) is 6.31. The molecule has 0 fully saturated rings. The van der Waals surface area contributed by atoms with E-state index in [9.17, 15) is 4.79 Å². The standard InChI is InChI=1S/C19H18N4O3S/c1-13-12-27-18(21-13)23-20-11-14-8-9-16(17(10-14)25-2)26-19(24)22-15-6-4-3-5-7-15/h3-12H,1-2H3,(H,21,23)(H,22,24). The summed E-state index contributed by atoms with van der Waals surface area (Å²) in [5.74, 6) is 0.735. The molecule has 0 radical (unpaired) electrons. The van der Waals surface area contributed by atoms with Gasteiger partial charge in [0.1, 0.15) is 0 Å². The van der Waals surface area contributed by atoms with Gasteiger partial charge in [-0.05, 0) is 42.8 Å². The van der Waals surface area contributed by atoms with Crippen LogP contribution in [0.15, 0.2) is 59.0 Å². The Morgan fingerprint density at radius 2 is 2.00 bits per heavy atom. The number of aromatic nitrogens is 1. The lowest BCUT2D eigenvalue weighted by molar-refractivity contribution is 0.213. The lowest BCUT2D eigenvalue weighted by Crippen LogP contribution is -2.17. The Bertz CT molecular complexity index is 941. The summed E-state index contributed by atoms with van der Waals surface area (Å²) in [5, 5.41) is 9.45. The lowest BCUT2D eigenvalue weighted by Gasteiger charge is -2.10. The van der Waals surface area contributed by atoms with Crippen LogP contribution in [-0.2, 0) is 0 Å². The van der Waals surface area contributed by atoms with Crippen molar-refractivity contribution in [2.75, 3.05) is 17.9 Å². The highest BCUT2D eigenvalue weighted by atomic mass is 32.1. The Kier molecular flexibility index (Phi) is 6.01. The van der Waals surface area contributed by atoms with Crippen molar-refractivity contribution < 1.29 is 14.3 Å². The first-order chi connectivity index (χ1) is 13.1. The Labute approximate surface area is 160 Å². The van der Waals surface area contributed by atoms with E-state index in [1.54, 1.807) is 36.5 Å². The molecular formula is C19H18N4O3S. The monoisotopic (exact) mass is 382 g/mol. The smallest absolute Gasteiger partial charge is 0.417 e. The molecule has 1 heterocycles. The largest absolute Gasteiger partial charge is 0.493 e. The van der Waals surface area contributed by atoms with E-state index in [1.165, 1.54) is 18.4 Å². The average molecular weight is 382 g/mol. The summed E-state index contributed by atoms with van der Waals surface area (Å²) in [4.78, 5) is 16.3. The van der Waals surface area contributed by atoms with Gasteiger partial charge in [-0.15, -0.1) is 11.3 Å². The maximum Gasteiger partial charge on any atom is 0.417 e. The van der Waals surface area contributed by atoms with Crippen molar-refractivity contribution in [2.45, 2.75) is 6.92 Å². The molecule has 0 saturated carbocycles. The Morgan fingerprint density at radius 1 is 1.19 bits per heavy atom. The van der Waals surface area contributed by atoms with Gasteiger partial charge in [0.25, 0.3) is 0 Å². The zero-order chi connectivity index (χ0) is 19.1. The van der Waals surface area contributed by atoms with Crippen LogP contribution < -0.4 is 20.2 Å². The maximum atomic E-state index is 12.0. The van der Waals surface area contributed by atoms with Gasteiger partial charge in [-0.25, -0.2) is 9.78 Å². The van der Waals surface area contributed by atoms with Crippen molar-refractivity contribution in [1.82, 2.24) is 4.98 Å². The van der Waals surface area contributed by atoms with Crippen LogP contribution in [0.4, 0.5) is 15.6 Å². The van der Waals surface area contributed by atoms with Crippen LogP contribution in [0.5, 0.6) is 11.5 Å². The molecule has 8 heteroatoms. The van der Waals surface area contributed by atoms with Crippen molar-refractivity contribution in [3.05, 3.63) is 65.2 Å². The molecule has 3 aromatic rings. The van der Waals surface area contributed by atoms with Gasteiger partial charge >= 0.3 is 6.09 Å². The summed E-state index contributed by atoms with van der Waals surface area (Å²) in [7, 11) is 1.51. The fourth-order valence-electron chi connectivity index (χ4n) is 2.18. The summed E-state index contributed by atoms with van der Waals surface area (Å²) in [6.45, 7) is 1.92. The number of ether oxygens (including phenoxy) is 2. The van der Waals surface area contributed by atoms with Crippen molar-refractivity contribution in [3.63, 3.8) is 0 Å². The molecule has 7 nitrogen and oxygen atoms in total. The number of rotatable bonds is 6. The van der Waals surface area contributed by atoms with E-state index in [0.29, 0.717) is 22.3 Å². The van der Waals surface area contributed by atoms with E-state index < -0.39 is 6.09 Å². The third-order valence-corrected chi connectivity index (χ3v) is 4.27. The van der Waals surface area contributed by atoms with E-state index in [0.717, 1.165) is 11.3 Å². The number of methoxy groups -OCH3 is 1. The summed E-state index contributed by atoms with van der Waals surface area (Å²) in [6.07, 6.45) is 1.04.